The Morgan fingerprint density at radius 2 is 2.29 bits per heavy atom. The van der Waals surface area contributed by atoms with E-state index in [0.29, 0.717) is 0 Å². The van der Waals surface area contributed by atoms with Crippen molar-refractivity contribution in [3.8, 4) is 0 Å². The van der Waals surface area contributed by atoms with Gasteiger partial charge in [0, 0.05) is 12.0 Å². The molecule has 0 radical (unpaired) electrons. The quantitative estimate of drug-likeness (QED) is 0.400. The van der Waals surface area contributed by atoms with Crippen LogP contribution in [0.15, 0.2) is 29.4 Å². The van der Waals surface area contributed by atoms with Gasteiger partial charge in [0.2, 0.25) is 0 Å². The smallest absolute Gasteiger partial charge is 0.0911 e. The first-order valence-corrected chi connectivity index (χ1v) is 4.51. The molecule has 1 aliphatic rings. The molecular formula is C10H11N3O. The molecule has 0 aliphatic heterocycles. The van der Waals surface area contributed by atoms with Crippen LogP contribution in [0.3, 0.4) is 0 Å². The van der Waals surface area contributed by atoms with E-state index in [9.17, 15) is 0 Å². The van der Waals surface area contributed by atoms with E-state index in [1.807, 2.05) is 24.3 Å². The summed E-state index contributed by atoms with van der Waals surface area (Å²) in [4.78, 5) is 2.84. The topological polar surface area (TPSA) is 58.0 Å². The van der Waals surface area contributed by atoms with Crippen molar-refractivity contribution in [1.82, 2.24) is 0 Å². The molecule has 0 spiro atoms. The zero-order valence-electron chi connectivity index (χ0n) is 7.92. The Morgan fingerprint density at radius 1 is 1.50 bits per heavy atom. The van der Waals surface area contributed by atoms with Crippen molar-refractivity contribution in [3.05, 3.63) is 45.8 Å². The van der Waals surface area contributed by atoms with Crippen LogP contribution < -0.4 is 0 Å². The summed E-state index contributed by atoms with van der Waals surface area (Å²) in [6.45, 7) is 0. The van der Waals surface area contributed by atoms with Crippen LogP contribution in [0.25, 0.3) is 10.4 Å². The van der Waals surface area contributed by atoms with Crippen LogP contribution in [0.2, 0.25) is 0 Å². The van der Waals surface area contributed by atoms with E-state index in [2.05, 4.69) is 10.0 Å². The lowest BCUT2D eigenvalue weighted by molar-refractivity contribution is 0.0904. The van der Waals surface area contributed by atoms with E-state index in [1.165, 1.54) is 5.56 Å². The van der Waals surface area contributed by atoms with Gasteiger partial charge in [0.05, 0.1) is 12.1 Å². The number of rotatable bonds is 2. The average Bonchev–Trinajstić information content (AvgIpc) is 2.55. The van der Waals surface area contributed by atoms with Crippen LogP contribution in [0.1, 0.15) is 17.2 Å². The van der Waals surface area contributed by atoms with Crippen LogP contribution in [0.5, 0.6) is 0 Å². The second kappa shape index (κ2) is 3.70. The van der Waals surface area contributed by atoms with E-state index >= 15 is 0 Å². The van der Waals surface area contributed by atoms with Crippen molar-refractivity contribution >= 4 is 0 Å². The molecule has 0 amide bonds. The SMILES string of the molecule is CO[C@@H]1c2ccccc2C[C@H]1N=[N+]=[N-]. The van der Waals surface area contributed by atoms with Crippen molar-refractivity contribution in [2.45, 2.75) is 18.6 Å². The van der Waals surface area contributed by atoms with E-state index in [-0.39, 0.29) is 12.1 Å². The van der Waals surface area contributed by atoms with Gasteiger partial charge in [-0.25, -0.2) is 0 Å². The number of ether oxygens (including phenoxy) is 1. The number of fused-ring (bicyclic) bond motifs is 1. The minimum Gasteiger partial charge on any atom is -0.376 e. The fourth-order valence-electron chi connectivity index (χ4n) is 1.99. The third-order valence-corrected chi connectivity index (χ3v) is 2.59. The molecule has 14 heavy (non-hydrogen) atoms. The fourth-order valence-corrected chi connectivity index (χ4v) is 1.99. The Kier molecular flexibility index (Phi) is 2.39. The Morgan fingerprint density at radius 3 is 3.00 bits per heavy atom. The highest BCUT2D eigenvalue weighted by molar-refractivity contribution is 5.36. The maximum absolute atomic E-state index is 8.42. The average molecular weight is 189 g/mol. The molecule has 1 aromatic rings. The summed E-state index contributed by atoms with van der Waals surface area (Å²) in [7, 11) is 1.65. The summed E-state index contributed by atoms with van der Waals surface area (Å²) in [6.07, 6.45) is 0.695. The molecule has 4 nitrogen and oxygen atoms in total. The summed E-state index contributed by atoms with van der Waals surface area (Å²) >= 11 is 0. The summed E-state index contributed by atoms with van der Waals surface area (Å²) < 4.78 is 5.34. The van der Waals surface area contributed by atoms with Gasteiger partial charge >= 0.3 is 0 Å². The largest absolute Gasteiger partial charge is 0.376 e. The van der Waals surface area contributed by atoms with Crippen molar-refractivity contribution in [3.63, 3.8) is 0 Å². The highest BCUT2D eigenvalue weighted by Crippen LogP contribution is 2.35. The molecule has 0 heterocycles. The fraction of sp³-hybridized carbons (Fsp3) is 0.400. The first-order valence-electron chi connectivity index (χ1n) is 4.51. The molecule has 0 fully saturated rings. The molecule has 2 rings (SSSR count). The zero-order valence-corrected chi connectivity index (χ0v) is 7.92. The molecule has 2 atom stereocenters. The van der Waals surface area contributed by atoms with Crippen LogP contribution in [-0.2, 0) is 11.2 Å². The first-order chi connectivity index (χ1) is 6.86. The Bertz CT molecular complexity index is 385. The maximum atomic E-state index is 8.42. The normalized spacial score (nSPS) is 24.1. The van der Waals surface area contributed by atoms with Gasteiger partial charge in [-0.2, -0.15) is 0 Å². The van der Waals surface area contributed by atoms with E-state index < -0.39 is 0 Å². The number of azide groups is 1. The Balaban J connectivity index is 2.38. The van der Waals surface area contributed by atoms with Gasteiger partial charge in [-0.3, -0.25) is 0 Å². The molecule has 0 N–H and O–H groups in total. The zero-order chi connectivity index (χ0) is 9.97. The molecule has 1 aliphatic carbocycles. The predicted molar refractivity (Wildman–Crippen MR) is 52.8 cm³/mol. The number of methoxy groups -OCH3 is 1. The monoisotopic (exact) mass is 189 g/mol. The van der Waals surface area contributed by atoms with Gasteiger partial charge in [0.1, 0.15) is 0 Å². The standard InChI is InChI=1S/C10H11N3O/c1-14-10-8-5-3-2-4-7(8)6-9(10)12-13-11/h2-5,9-10H,6H2,1H3/t9-,10-/m1/s1. The van der Waals surface area contributed by atoms with Gasteiger partial charge in [-0.15, -0.1) is 0 Å². The van der Waals surface area contributed by atoms with Crippen molar-refractivity contribution in [2.75, 3.05) is 7.11 Å². The van der Waals surface area contributed by atoms with Crippen molar-refractivity contribution < 1.29 is 4.74 Å². The second-order valence-corrected chi connectivity index (χ2v) is 3.33. The molecule has 0 aromatic heterocycles. The number of hydrogen-bond donors (Lipinski definition) is 0. The molecule has 1 aromatic carbocycles. The van der Waals surface area contributed by atoms with Crippen molar-refractivity contribution in [2.24, 2.45) is 5.11 Å². The lowest BCUT2D eigenvalue weighted by atomic mass is 10.1. The minimum absolute atomic E-state index is 0.0814. The third-order valence-electron chi connectivity index (χ3n) is 2.59. The predicted octanol–water partition coefficient (Wildman–Crippen LogP) is 2.61. The van der Waals surface area contributed by atoms with Gasteiger partial charge < -0.3 is 4.74 Å². The van der Waals surface area contributed by atoms with Gasteiger partial charge in [-0.05, 0) is 23.1 Å². The summed E-state index contributed by atoms with van der Waals surface area (Å²) in [5.41, 5.74) is 10.8. The van der Waals surface area contributed by atoms with Crippen LogP contribution in [0, 0.1) is 0 Å². The third kappa shape index (κ3) is 1.35. The summed E-state index contributed by atoms with van der Waals surface area (Å²) in [6, 6.07) is 7.94. The van der Waals surface area contributed by atoms with Crippen LogP contribution in [-0.4, -0.2) is 13.2 Å². The Labute approximate surface area is 82.1 Å². The molecule has 72 valence electrons. The van der Waals surface area contributed by atoms with Crippen LogP contribution in [0.4, 0.5) is 0 Å². The first kappa shape index (κ1) is 9.06. The van der Waals surface area contributed by atoms with E-state index in [1.54, 1.807) is 7.11 Å². The second-order valence-electron chi connectivity index (χ2n) is 3.33. The molecule has 4 heteroatoms. The van der Waals surface area contributed by atoms with E-state index in [4.69, 9.17) is 10.3 Å². The lowest BCUT2D eigenvalue weighted by Gasteiger charge is -2.13. The molecule has 0 bridgehead atoms. The molecular weight excluding hydrogens is 178 g/mol. The number of hydrogen-bond acceptors (Lipinski definition) is 2. The number of nitrogens with zero attached hydrogens (tertiary/aromatic N) is 3. The van der Waals surface area contributed by atoms with Gasteiger partial charge in [0.15, 0.2) is 0 Å². The van der Waals surface area contributed by atoms with Crippen LogP contribution >= 0.6 is 0 Å². The van der Waals surface area contributed by atoms with E-state index in [0.717, 1.165) is 12.0 Å². The lowest BCUT2D eigenvalue weighted by Crippen LogP contribution is -2.12. The minimum atomic E-state index is -0.0950. The van der Waals surface area contributed by atoms with Gasteiger partial charge in [-0.1, -0.05) is 29.4 Å². The summed E-state index contributed by atoms with van der Waals surface area (Å²) in [5, 5.41) is 3.75. The van der Waals surface area contributed by atoms with Gasteiger partial charge in [0.25, 0.3) is 0 Å². The molecule has 0 unspecified atom stereocenters. The molecule has 0 saturated heterocycles. The highest BCUT2D eigenvalue weighted by Gasteiger charge is 2.31. The molecule has 0 saturated carbocycles. The van der Waals surface area contributed by atoms with Crippen molar-refractivity contribution in [1.29, 1.82) is 0 Å². The Hall–Kier alpha value is -1.51. The number of benzene rings is 1. The maximum Gasteiger partial charge on any atom is 0.0911 e. The summed E-state index contributed by atoms with van der Waals surface area (Å²) in [5.74, 6) is 0. The highest BCUT2D eigenvalue weighted by atomic mass is 16.5.